The zero-order valence-electron chi connectivity index (χ0n) is 11.5. The molecule has 21 heavy (non-hydrogen) atoms. The van der Waals surface area contributed by atoms with E-state index in [4.69, 9.17) is 0 Å². The fourth-order valence-corrected chi connectivity index (χ4v) is 1.49. The SMILES string of the molecule is CC(C)CNc1cnnc(Nc2ccc(F)c(F)c2F)n1. The number of nitrogens with one attached hydrogen (secondary N) is 2. The number of halogens is 3. The lowest BCUT2D eigenvalue weighted by molar-refractivity contribution is 0.449. The lowest BCUT2D eigenvalue weighted by atomic mass is 10.2. The Balaban J connectivity index is 2.16. The molecule has 0 aliphatic rings. The van der Waals surface area contributed by atoms with Crippen molar-refractivity contribution < 1.29 is 13.2 Å². The van der Waals surface area contributed by atoms with E-state index in [0.717, 1.165) is 12.1 Å². The highest BCUT2D eigenvalue weighted by Crippen LogP contribution is 2.22. The molecular weight excluding hydrogens is 283 g/mol. The fourth-order valence-electron chi connectivity index (χ4n) is 1.49. The maximum absolute atomic E-state index is 13.5. The van der Waals surface area contributed by atoms with Crippen LogP contribution in [0.5, 0.6) is 0 Å². The molecule has 0 fully saturated rings. The highest BCUT2D eigenvalue weighted by atomic mass is 19.2. The van der Waals surface area contributed by atoms with Crippen molar-refractivity contribution >= 4 is 17.5 Å². The van der Waals surface area contributed by atoms with E-state index in [-0.39, 0.29) is 11.6 Å². The largest absolute Gasteiger partial charge is 0.368 e. The molecule has 0 saturated carbocycles. The number of rotatable bonds is 5. The van der Waals surface area contributed by atoms with Crippen LogP contribution in [0, 0.1) is 23.4 Å². The van der Waals surface area contributed by atoms with Gasteiger partial charge in [-0.25, -0.2) is 13.2 Å². The van der Waals surface area contributed by atoms with Crippen LogP contribution in [0.2, 0.25) is 0 Å². The molecule has 0 radical (unpaired) electrons. The van der Waals surface area contributed by atoms with Crippen molar-refractivity contribution in [3.05, 3.63) is 35.8 Å². The average molecular weight is 297 g/mol. The quantitative estimate of drug-likeness (QED) is 0.830. The Bertz CT molecular complexity index is 633. The summed E-state index contributed by atoms with van der Waals surface area (Å²) < 4.78 is 39.5. The summed E-state index contributed by atoms with van der Waals surface area (Å²) in [4.78, 5) is 4.05. The van der Waals surface area contributed by atoms with E-state index in [1.807, 2.05) is 13.8 Å². The van der Waals surface area contributed by atoms with E-state index in [1.54, 1.807) is 0 Å². The molecule has 0 amide bonds. The van der Waals surface area contributed by atoms with Crippen LogP contribution in [0.3, 0.4) is 0 Å². The van der Waals surface area contributed by atoms with E-state index >= 15 is 0 Å². The molecule has 2 N–H and O–H groups in total. The van der Waals surface area contributed by atoms with Crippen LogP contribution in [0.25, 0.3) is 0 Å². The zero-order valence-corrected chi connectivity index (χ0v) is 11.5. The van der Waals surface area contributed by atoms with E-state index in [2.05, 4.69) is 25.8 Å². The Labute approximate surface area is 119 Å². The molecule has 112 valence electrons. The minimum Gasteiger partial charge on any atom is -0.368 e. The molecule has 0 aliphatic heterocycles. The van der Waals surface area contributed by atoms with Gasteiger partial charge in [-0.3, -0.25) is 0 Å². The molecule has 0 unspecified atom stereocenters. The predicted octanol–water partition coefficient (Wildman–Crippen LogP) is 3.10. The molecule has 0 atom stereocenters. The molecule has 1 heterocycles. The highest BCUT2D eigenvalue weighted by molar-refractivity contribution is 5.55. The first kappa shape index (κ1) is 15.0. The first-order valence-corrected chi connectivity index (χ1v) is 6.31. The van der Waals surface area contributed by atoms with Gasteiger partial charge in [0.05, 0.1) is 11.9 Å². The van der Waals surface area contributed by atoms with Crippen molar-refractivity contribution in [3.63, 3.8) is 0 Å². The second-order valence-electron chi connectivity index (χ2n) is 4.79. The number of hydrogen-bond acceptors (Lipinski definition) is 5. The predicted molar refractivity (Wildman–Crippen MR) is 72.8 cm³/mol. The molecule has 0 aliphatic carbocycles. The Hall–Kier alpha value is -2.38. The smallest absolute Gasteiger partial charge is 0.249 e. The van der Waals surface area contributed by atoms with Crippen molar-refractivity contribution in [1.29, 1.82) is 0 Å². The molecule has 5 nitrogen and oxygen atoms in total. The van der Waals surface area contributed by atoms with Gasteiger partial charge in [0.15, 0.2) is 23.3 Å². The lowest BCUT2D eigenvalue weighted by Crippen LogP contribution is -2.11. The van der Waals surface area contributed by atoms with Gasteiger partial charge < -0.3 is 10.6 Å². The van der Waals surface area contributed by atoms with Crippen molar-refractivity contribution in [3.8, 4) is 0 Å². The summed E-state index contributed by atoms with van der Waals surface area (Å²) in [5.41, 5.74) is -0.267. The van der Waals surface area contributed by atoms with Gasteiger partial charge in [0, 0.05) is 6.54 Å². The molecule has 8 heteroatoms. The van der Waals surface area contributed by atoms with Gasteiger partial charge in [0.2, 0.25) is 5.95 Å². The molecule has 0 spiro atoms. The van der Waals surface area contributed by atoms with Gasteiger partial charge in [-0.2, -0.15) is 10.1 Å². The second kappa shape index (κ2) is 6.38. The van der Waals surface area contributed by atoms with Crippen LogP contribution in [-0.4, -0.2) is 21.7 Å². The summed E-state index contributed by atoms with van der Waals surface area (Å²) in [6.07, 6.45) is 1.41. The molecule has 0 saturated heterocycles. The van der Waals surface area contributed by atoms with Crippen LogP contribution in [0.4, 0.5) is 30.6 Å². The van der Waals surface area contributed by atoms with E-state index < -0.39 is 17.5 Å². The number of hydrogen-bond donors (Lipinski definition) is 2. The summed E-state index contributed by atoms with van der Waals surface area (Å²) in [5, 5.41) is 12.8. The third-order valence-electron chi connectivity index (χ3n) is 2.53. The first-order valence-electron chi connectivity index (χ1n) is 6.31. The summed E-state index contributed by atoms with van der Waals surface area (Å²) in [6.45, 7) is 4.73. The molecular formula is C13H14F3N5. The second-order valence-corrected chi connectivity index (χ2v) is 4.79. The van der Waals surface area contributed by atoms with Gasteiger partial charge in [0.25, 0.3) is 0 Å². The molecule has 2 aromatic rings. The lowest BCUT2D eigenvalue weighted by Gasteiger charge is -2.09. The number of aromatic nitrogens is 3. The van der Waals surface area contributed by atoms with Crippen LogP contribution in [0.15, 0.2) is 18.3 Å². The van der Waals surface area contributed by atoms with Crippen LogP contribution < -0.4 is 10.6 Å². The fraction of sp³-hybridized carbons (Fsp3) is 0.308. The summed E-state index contributed by atoms with van der Waals surface area (Å²) in [7, 11) is 0. The molecule has 0 bridgehead atoms. The minimum atomic E-state index is -1.55. The van der Waals surface area contributed by atoms with Crippen LogP contribution >= 0.6 is 0 Å². The minimum absolute atomic E-state index is 0.0198. The van der Waals surface area contributed by atoms with E-state index in [0.29, 0.717) is 18.3 Å². The molecule has 1 aromatic carbocycles. The summed E-state index contributed by atoms with van der Waals surface area (Å²) in [6, 6.07) is 1.88. The van der Waals surface area contributed by atoms with Crippen molar-refractivity contribution in [1.82, 2.24) is 15.2 Å². The number of nitrogens with zero attached hydrogens (tertiary/aromatic N) is 3. The molecule has 1 aromatic heterocycles. The monoisotopic (exact) mass is 297 g/mol. The van der Waals surface area contributed by atoms with Crippen LogP contribution in [-0.2, 0) is 0 Å². The maximum Gasteiger partial charge on any atom is 0.249 e. The highest BCUT2D eigenvalue weighted by Gasteiger charge is 2.14. The Kier molecular flexibility index (Phi) is 4.56. The average Bonchev–Trinajstić information content (AvgIpc) is 2.46. The normalized spacial score (nSPS) is 10.8. The van der Waals surface area contributed by atoms with Gasteiger partial charge in [-0.1, -0.05) is 13.8 Å². The third-order valence-corrected chi connectivity index (χ3v) is 2.53. The standard InChI is InChI=1S/C13H14F3N5/c1-7(2)5-17-10-6-18-21-13(20-10)19-9-4-3-8(14)11(15)12(9)16/h3-4,6-7H,5H2,1-2H3,(H2,17,19,20,21). The van der Waals surface area contributed by atoms with Gasteiger partial charge >= 0.3 is 0 Å². The number of anilines is 3. The number of benzene rings is 1. The molecule has 2 rings (SSSR count). The maximum atomic E-state index is 13.5. The van der Waals surface area contributed by atoms with Gasteiger partial charge in [-0.05, 0) is 18.1 Å². The van der Waals surface area contributed by atoms with Gasteiger partial charge in [-0.15, -0.1) is 5.10 Å². The van der Waals surface area contributed by atoms with Crippen molar-refractivity contribution in [2.45, 2.75) is 13.8 Å². The Morgan fingerprint density at radius 3 is 2.62 bits per heavy atom. The third kappa shape index (κ3) is 3.80. The Morgan fingerprint density at radius 1 is 1.14 bits per heavy atom. The van der Waals surface area contributed by atoms with Gasteiger partial charge in [0.1, 0.15) is 0 Å². The first-order chi connectivity index (χ1) is 9.97. The topological polar surface area (TPSA) is 62.7 Å². The Morgan fingerprint density at radius 2 is 1.90 bits per heavy atom. The zero-order chi connectivity index (χ0) is 15.4. The summed E-state index contributed by atoms with van der Waals surface area (Å²) >= 11 is 0. The van der Waals surface area contributed by atoms with E-state index in [9.17, 15) is 13.2 Å². The summed E-state index contributed by atoms with van der Waals surface area (Å²) in [5.74, 6) is -3.32. The van der Waals surface area contributed by atoms with Crippen molar-refractivity contribution in [2.24, 2.45) is 5.92 Å². The van der Waals surface area contributed by atoms with Crippen LogP contribution in [0.1, 0.15) is 13.8 Å². The van der Waals surface area contributed by atoms with Crippen molar-refractivity contribution in [2.75, 3.05) is 17.2 Å². The van der Waals surface area contributed by atoms with E-state index in [1.165, 1.54) is 6.20 Å².